The van der Waals surface area contributed by atoms with Crippen molar-refractivity contribution in [3.63, 3.8) is 0 Å². The van der Waals surface area contributed by atoms with Crippen LogP contribution in [-0.2, 0) is 9.53 Å². The lowest BCUT2D eigenvalue weighted by atomic mass is 10.2. The molecule has 0 aliphatic rings. The minimum absolute atomic E-state index is 0.0719. The number of hydrazine groups is 1. The number of carbonyl (C=O) groups is 1. The second-order valence-corrected chi connectivity index (χ2v) is 6.04. The van der Waals surface area contributed by atoms with Gasteiger partial charge in [-0.15, -0.1) is 11.8 Å². The van der Waals surface area contributed by atoms with Gasteiger partial charge in [-0.05, 0) is 26.8 Å². The van der Waals surface area contributed by atoms with Crippen molar-refractivity contribution in [1.29, 1.82) is 0 Å². The van der Waals surface area contributed by atoms with Crippen molar-refractivity contribution in [3.8, 4) is 0 Å². The predicted molar refractivity (Wildman–Crippen MR) is 77.5 cm³/mol. The standard InChI is InChI=1S/C12H17N3O4S/c1-12(2,3)19-11(16)7-20-10-5-8(14-13)4-9(6-10)15(17)18/h4-6,14H,7,13H2,1-3H3. The fourth-order valence-electron chi connectivity index (χ4n) is 1.37. The van der Waals surface area contributed by atoms with Crippen LogP contribution in [0.2, 0.25) is 0 Å². The molecule has 20 heavy (non-hydrogen) atoms. The number of nitrogens with zero attached hydrogens (tertiary/aromatic N) is 1. The summed E-state index contributed by atoms with van der Waals surface area (Å²) in [4.78, 5) is 22.4. The maximum absolute atomic E-state index is 11.6. The van der Waals surface area contributed by atoms with Crippen LogP contribution in [0.4, 0.5) is 11.4 Å². The molecule has 0 saturated carbocycles. The van der Waals surface area contributed by atoms with Crippen LogP contribution < -0.4 is 11.3 Å². The zero-order valence-electron chi connectivity index (χ0n) is 11.5. The van der Waals surface area contributed by atoms with Crippen LogP contribution >= 0.6 is 11.8 Å². The molecular weight excluding hydrogens is 282 g/mol. The molecule has 0 spiro atoms. The van der Waals surface area contributed by atoms with Gasteiger partial charge in [0.05, 0.1) is 16.4 Å². The lowest BCUT2D eigenvalue weighted by molar-refractivity contribution is -0.385. The smallest absolute Gasteiger partial charge is 0.316 e. The average molecular weight is 299 g/mol. The lowest BCUT2D eigenvalue weighted by Crippen LogP contribution is -2.24. The summed E-state index contributed by atoms with van der Waals surface area (Å²) in [5.41, 5.74) is 2.12. The number of ether oxygens (including phenoxy) is 1. The molecule has 0 bridgehead atoms. The van der Waals surface area contributed by atoms with E-state index in [0.29, 0.717) is 10.6 Å². The molecule has 0 unspecified atom stereocenters. The minimum Gasteiger partial charge on any atom is -0.459 e. The number of nitrogen functional groups attached to an aromatic ring is 1. The topological polar surface area (TPSA) is 107 Å². The number of anilines is 1. The summed E-state index contributed by atoms with van der Waals surface area (Å²) in [6.45, 7) is 5.33. The lowest BCUT2D eigenvalue weighted by Gasteiger charge is -2.19. The van der Waals surface area contributed by atoms with E-state index in [-0.39, 0.29) is 17.4 Å². The van der Waals surface area contributed by atoms with Crippen LogP contribution in [-0.4, -0.2) is 22.2 Å². The molecule has 0 aliphatic heterocycles. The zero-order valence-corrected chi connectivity index (χ0v) is 12.3. The number of thioether (sulfide) groups is 1. The van der Waals surface area contributed by atoms with Crippen molar-refractivity contribution in [2.45, 2.75) is 31.3 Å². The maximum atomic E-state index is 11.6. The number of nitro benzene ring substituents is 1. The molecule has 110 valence electrons. The SMILES string of the molecule is CC(C)(C)OC(=O)CSc1cc(NN)cc([N+](=O)[O-])c1. The van der Waals surface area contributed by atoms with E-state index in [1.54, 1.807) is 26.8 Å². The number of nitro groups is 1. The molecule has 8 heteroatoms. The first kappa shape index (κ1) is 16.3. The quantitative estimate of drug-likeness (QED) is 0.282. The first-order valence-electron chi connectivity index (χ1n) is 5.82. The molecule has 0 fully saturated rings. The van der Waals surface area contributed by atoms with Crippen molar-refractivity contribution in [3.05, 3.63) is 28.3 Å². The third-order valence-electron chi connectivity index (χ3n) is 2.05. The summed E-state index contributed by atoms with van der Waals surface area (Å²) in [6, 6.07) is 4.33. The summed E-state index contributed by atoms with van der Waals surface area (Å²) in [7, 11) is 0. The molecule has 0 amide bonds. The summed E-state index contributed by atoms with van der Waals surface area (Å²) < 4.78 is 5.16. The number of benzene rings is 1. The van der Waals surface area contributed by atoms with Crippen molar-refractivity contribution in [2.24, 2.45) is 5.84 Å². The summed E-state index contributed by atoms with van der Waals surface area (Å²) in [5.74, 6) is 4.95. The summed E-state index contributed by atoms with van der Waals surface area (Å²) in [6.07, 6.45) is 0. The second-order valence-electron chi connectivity index (χ2n) is 4.99. The van der Waals surface area contributed by atoms with E-state index >= 15 is 0 Å². The van der Waals surface area contributed by atoms with E-state index in [4.69, 9.17) is 10.6 Å². The molecule has 1 aromatic carbocycles. The Kier molecular flexibility index (Phi) is 5.34. The Labute approximate surface area is 121 Å². The van der Waals surface area contributed by atoms with Crippen molar-refractivity contribution in [1.82, 2.24) is 0 Å². The number of non-ortho nitro benzene ring substituents is 1. The molecule has 0 heterocycles. The van der Waals surface area contributed by atoms with Crippen LogP contribution in [0.5, 0.6) is 0 Å². The second kappa shape index (κ2) is 6.58. The number of esters is 1. The molecular formula is C12H17N3O4S. The molecule has 0 atom stereocenters. The normalized spacial score (nSPS) is 11.0. The third kappa shape index (κ3) is 5.45. The molecule has 0 saturated heterocycles. The number of hydrogen-bond donors (Lipinski definition) is 2. The van der Waals surface area contributed by atoms with Crippen LogP contribution in [0.25, 0.3) is 0 Å². The Hall–Kier alpha value is -1.80. The van der Waals surface area contributed by atoms with Gasteiger partial charge in [-0.2, -0.15) is 0 Å². The van der Waals surface area contributed by atoms with Crippen molar-refractivity contribution >= 4 is 29.1 Å². The number of hydrogen-bond acceptors (Lipinski definition) is 7. The van der Waals surface area contributed by atoms with Crippen LogP contribution in [0.1, 0.15) is 20.8 Å². The minimum atomic E-state index is -0.551. The van der Waals surface area contributed by atoms with Crippen LogP contribution in [0, 0.1) is 10.1 Å². The van der Waals surface area contributed by atoms with Gasteiger partial charge in [-0.25, -0.2) is 0 Å². The van der Waals surface area contributed by atoms with Gasteiger partial charge in [-0.1, -0.05) is 0 Å². The number of nitrogens with one attached hydrogen (secondary N) is 1. The van der Waals surface area contributed by atoms with E-state index < -0.39 is 10.5 Å². The van der Waals surface area contributed by atoms with Gasteiger partial charge in [0, 0.05) is 17.0 Å². The first-order chi connectivity index (χ1) is 9.21. The van der Waals surface area contributed by atoms with Crippen LogP contribution in [0.3, 0.4) is 0 Å². The molecule has 1 aromatic rings. The highest BCUT2D eigenvalue weighted by atomic mass is 32.2. The highest BCUT2D eigenvalue weighted by molar-refractivity contribution is 8.00. The number of carbonyl (C=O) groups excluding carboxylic acids is 1. The van der Waals surface area contributed by atoms with Gasteiger partial charge < -0.3 is 10.2 Å². The molecule has 3 N–H and O–H groups in total. The van der Waals surface area contributed by atoms with E-state index in [2.05, 4.69) is 5.43 Å². The molecule has 1 rings (SSSR count). The fourth-order valence-corrected chi connectivity index (χ4v) is 2.13. The summed E-state index contributed by atoms with van der Waals surface area (Å²) in [5, 5.41) is 10.8. The van der Waals surface area contributed by atoms with Gasteiger partial charge in [0.2, 0.25) is 0 Å². The molecule has 0 aromatic heterocycles. The first-order valence-corrected chi connectivity index (χ1v) is 6.80. The van der Waals surface area contributed by atoms with E-state index in [0.717, 1.165) is 11.8 Å². The maximum Gasteiger partial charge on any atom is 0.316 e. The Morgan fingerprint density at radius 1 is 1.45 bits per heavy atom. The average Bonchev–Trinajstić information content (AvgIpc) is 2.33. The Morgan fingerprint density at radius 2 is 2.10 bits per heavy atom. The highest BCUT2D eigenvalue weighted by Crippen LogP contribution is 2.27. The predicted octanol–water partition coefficient (Wildman–Crippen LogP) is 2.31. The Bertz CT molecular complexity index is 514. The Morgan fingerprint density at radius 3 is 2.60 bits per heavy atom. The number of nitrogens with two attached hydrogens (primary N) is 1. The fraction of sp³-hybridized carbons (Fsp3) is 0.417. The van der Waals surface area contributed by atoms with Crippen molar-refractivity contribution in [2.75, 3.05) is 11.2 Å². The van der Waals surface area contributed by atoms with Gasteiger partial charge in [-0.3, -0.25) is 20.8 Å². The molecule has 7 nitrogen and oxygen atoms in total. The Balaban J connectivity index is 2.75. The van der Waals surface area contributed by atoms with E-state index in [9.17, 15) is 14.9 Å². The van der Waals surface area contributed by atoms with Gasteiger partial charge in [0.25, 0.3) is 5.69 Å². The summed E-state index contributed by atoms with van der Waals surface area (Å²) >= 11 is 1.16. The van der Waals surface area contributed by atoms with Crippen LogP contribution in [0.15, 0.2) is 23.1 Å². The zero-order chi connectivity index (χ0) is 15.3. The van der Waals surface area contributed by atoms with E-state index in [1.807, 2.05) is 0 Å². The van der Waals surface area contributed by atoms with E-state index in [1.165, 1.54) is 12.1 Å². The third-order valence-corrected chi connectivity index (χ3v) is 2.99. The largest absolute Gasteiger partial charge is 0.459 e. The van der Waals surface area contributed by atoms with Gasteiger partial charge >= 0.3 is 5.97 Å². The monoisotopic (exact) mass is 299 g/mol. The highest BCUT2D eigenvalue weighted by Gasteiger charge is 2.17. The van der Waals surface area contributed by atoms with Gasteiger partial charge in [0.15, 0.2) is 0 Å². The van der Waals surface area contributed by atoms with Gasteiger partial charge in [0.1, 0.15) is 5.60 Å². The molecule has 0 aliphatic carbocycles. The molecule has 0 radical (unpaired) electrons. The number of rotatable bonds is 5. The van der Waals surface area contributed by atoms with Crippen molar-refractivity contribution < 1.29 is 14.5 Å².